The van der Waals surface area contributed by atoms with Gasteiger partial charge in [-0.25, -0.2) is 17.6 Å². The lowest BCUT2D eigenvalue weighted by Gasteiger charge is -2.21. The summed E-state index contributed by atoms with van der Waals surface area (Å²) in [6.07, 6.45) is 4.93. The fraction of sp³-hybridized carbons (Fsp3) is 0.229. The predicted octanol–water partition coefficient (Wildman–Crippen LogP) is 7.59. The number of nitrogens with zero attached hydrogens (tertiary/aromatic N) is 1. The maximum absolute atomic E-state index is 14.4. The number of benzene rings is 3. The van der Waals surface area contributed by atoms with Crippen LogP contribution in [0.5, 0.6) is 0 Å². The normalized spacial score (nSPS) is 11.8. The summed E-state index contributed by atoms with van der Waals surface area (Å²) >= 11 is 0. The number of hydrogen-bond acceptors (Lipinski definition) is 3. The number of aryl methyl sites for hydroxylation is 1. The van der Waals surface area contributed by atoms with Crippen molar-refractivity contribution in [3.05, 3.63) is 125 Å². The van der Waals surface area contributed by atoms with Gasteiger partial charge in [0.15, 0.2) is 0 Å². The molecule has 3 N–H and O–H groups in total. The Hall–Kier alpha value is -4.99. The molecule has 5 rings (SSSR count). The number of rotatable bonds is 8. The van der Waals surface area contributed by atoms with Gasteiger partial charge in [0, 0.05) is 40.5 Å². The van der Waals surface area contributed by atoms with E-state index in [-0.39, 0.29) is 17.8 Å². The largest absolute Gasteiger partial charge is 0.361 e. The van der Waals surface area contributed by atoms with Crippen molar-refractivity contribution in [2.45, 2.75) is 52.1 Å². The Bertz CT molecular complexity index is 1790. The Balaban J connectivity index is 0.000000318. The van der Waals surface area contributed by atoms with Gasteiger partial charge in [-0.3, -0.25) is 14.6 Å². The second-order valence-corrected chi connectivity index (χ2v) is 11.5. The zero-order valence-corrected chi connectivity index (χ0v) is 25.4. The summed E-state index contributed by atoms with van der Waals surface area (Å²) in [5.41, 5.74) is 3.26. The number of halogens is 4. The van der Waals surface area contributed by atoms with Gasteiger partial charge in [0.2, 0.25) is 6.41 Å². The molecule has 1 atom stereocenters. The molecule has 0 aliphatic heterocycles. The fourth-order valence-electron chi connectivity index (χ4n) is 4.94. The van der Waals surface area contributed by atoms with Crippen molar-refractivity contribution in [2.24, 2.45) is 0 Å². The maximum Gasteiger partial charge on any atom is 0.254 e. The first-order valence-corrected chi connectivity index (χ1v) is 14.4. The van der Waals surface area contributed by atoms with Crippen LogP contribution in [0.4, 0.5) is 17.6 Å². The number of H-pyrrole nitrogens is 1. The zero-order chi connectivity index (χ0) is 32.7. The van der Waals surface area contributed by atoms with Crippen LogP contribution in [-0.4, -0.2) is 27.8 Å². The number of carbonyl (C=O) groups excluding carboxylic acids is 2. The average molecular weight is 619 g/mol. The van der Waals surface area contributed by atoms with E-state index in [1.807, 2.05) is 6.20 Å². The number of fused-ring (bicyclic) bond motifs is 1. The van der Waals surface area contributed by atoms with Crippen LogP contribution in [0.2, 0.25) is 0 Å². The molecule has 0 saturated carbocycles. The van der Waals surface area contributed by atoms with E-state index in [0.717, 1.165) is 23.4 Å². The van der Waals surface area contributed by atoms with Gasteiger partial charge in [0.25, 0.3) is 5.91 Å². The van der Waals surface area contributed by atoms with Crippen molar-refractivity contribution in [3.63, 3.8) is 0 Å². The minimum absolute atomic E-state index is 0.0655. The van der Waals surface area contributed by atoms with E-state index in [9.17, 15) is 27.2 Å². The molecule has 0 spiro atoms. The lowest BCUT2D eigenvalue weighted by Crippen LogP contribution is -2.40. The molecule has 2 heterocycles. The highest BCUT2D eigenvalue weighted by Gasteiger charge is 2.22. The molecule has 2 amide bonds. The number of amides is 2. The quantitative estimate of drug-likeness (QED) is 0.124. The summed E-state index contributed by atoms with van der Waals surface area (Å²) in [5.74, 6) is -2.88. The minimum atomic E-state index is -0.732. The van der Waals surface area contributed by atoms with Crippen LogP contribution < -0.4 is 10.6 Å². The second-order valence-electron chi connectivity index (χ2n) is 11.5. The van der Waals surface area contributed by atoms with Gasteiger partial charge >= 0.3 is 0 Å². The van der Waals surface area contributed by atoms with Crippen molar-refractivity contribution in [3.8, 4) is 11.1 Å². The van der Waals surface area contributed by atoms with Crippen LogP contribution in [0, 0.1) is 23.3 Å². The molecule has 0 aliphatic rings. The molecular formula is C35H34F4N4O2. The van der Waals surface area contributed by atoms with E-state index in [1.165, 1.54) is 48.2 Å². The van der Waals surface area contributed by atoms with Gasteiger partial charge in [-0.2, -0.15) is 0 Å². The van der Waals surface area contributed by atoms with Gasteiger partial charge in [-0.1, -0.05) is 19.1 Å². The highest BCUT2D eigenvalue weighted by atomic mass is 19.1. The van der Waals surface area contributed by atoms with E-state index >= 15 is 0 Å². The number of aromatic amines is 1. The molecule has 0 radical (unpaired) electrons. The minimum Gasteiger partial charge on any atom is -0.361 e. The third-order valence-electron chi connectivity index (χ3n) is 6.92. The third-order valence-corrected chi connectivity index (χ3v) is 6.92. The molecule has 0 fully saturated rings. The van der Waals surface area contributed by atoms with Crippen LogP contribution in [0.25, 0.3) is 22.0 Å². The van der Waals surface area contributed by atoms with Gasteiger partial charge in [0.05, 0.1) is 17.3 Å². The fourth-order valence-corrected chi connectivity index (χ4v) is 4.94. The van der Waals surface area contributed by atoms with Gasteiger partial charge in [0.1, 0.15) is 23.3 Å². The SMILES string of the molecule is CC(C)(C)NC(=O)c1cc(-c2cccnc2C(Cc2cc(F)cc(F)c2)NC=O)ccc1F.CCc1c[nH]c2ccc(F)cc12. The predicted molar refractivity (Wildman–Crippen MR) is 166 cm³/mol. The first-order chi connectivity index (χ1) is 21.4. The lowest BCUT2D eigenvalue weighted by atomic mass is 9.94. The summed E-state index contributed by atoms with van der Waals surface area (Å²) in [6, 6.07) is 14.7. The first-order valence-electron chi connectivity index (χ1n) is 14.4. The summed E-state index contributed by atoms with van der Waals surface area (Å²) in [6.45, 7) is 7.43. The molecular weight excluding hydrogens is 584 g/mol. The molecule has 0 aliphatic carbocycles. The molecule has 10 heteroatoms. The standard InChI is InChI=1S/C25H24F3N3O2.C10H10FN/c1-25(2,3)31-24(33)20-12-16(6-7-21(20)28)19-5-4-8-29-23(19)22(30-14-32)11-15-9-17(26)13-18(27)10-15;1-2-7-6-12-10-4-3-8(11)5-9(7)10/h4-10,12-14,22H,11H2,1-3H3,(H,30,32)(H,31,33);3-6,12H,2H2,1H3. The summed E-state index contributed by atoms with van der Waals surface area (Å²) in [5, 5.41) is 6.36. The molecule has 1 unspecified atom stereocenters. The zero-order valence-electron chi connectivity index (χ0n) is 25.4. The van der Waals surface area contributed by atoms with Crippen LogP contribution in [0.3, 0.4) is 0 Å². The van der Waals surface area contributed by atoms with E-state index < -0.39 is 34.9 Å². The summed E-state index contributed by atoms with van der Waals surface area (Å²) < 4.78 is 54.6. The Morgan fingerprint density at radius 2 is 1.69 bits per heavy atom. The van der Waals surface area contributed by atoms with Gasteiger partial charge in [-0.15, -0.1) is 0 Å². The molecule has 0 bridgehead atoms. The van der Waals surface area contributed by atoms with Crippen molar-refractivity contribution in [2.75, 3.05) is 0 Å². The number of nitrogens with one attached hydrogen (secondary N) is 3. The Kier molecular flexibility index (Phi) is 10.4. The molecule has 6 nitrogen and oxygen atoms in total. The molecule has 45 heavy (non-hydrogen) atoms. The molecule has 0 saturated heterocycles. The molecule has 5 aromatic rings. The summed E-state index contributed by atoms with van der Waals surface area (Å²) in [4.78, 5) is 31.4. The van der Waals surface area contributed by atoms with Crippen LogP contribution in [0.1, 0.15) is 60.9 Å². The monoisotopic (exact) mass is 618 g/mol. The van der Waals surface area contributed by atoms with Crippen LogP contribution >= 0.6 is 0 Å². The Morgan fingerprint density at radius 3 is 2.36 bits per heavy atom. The van der Waals surface area contributed by atoms with Crippen LogP contribution in [-0.2, 0) is 17.6 Å². The number of pyridine rings is 1. The Morgan fingerprint density at radius 1 is 0.956 bits per heavy atom. The average Bonchev–Trinajstić information content (AvgIpc) is 3.38. The van der Waals surface area contributed by atoms with Crippen molar-refractivity contribution >= 4 is 23.2 Å². The maximum atomic E-state index is 14.4. The topological polar surface area (TPSA) is 86.9 Å². The third kappa shape index (κ3) is 8.56. The van der Waals surface area contributed by atoms with E-state index in [2.05, 4.69) is 27.5 Å². The number of carbonyl (C=O) groups is 2. The van der Waals surface area contributed by atoms with Crippen molar-refractivity contribution in [1.29, 1.82) is 0 Å². The molecule has 2 aromatic heterocycles. The lowest BCUT2D eigenvalue weighted by molar-refractivity contribution is -0.110. The Labute approximate surface area is 258 Å². The highest BCUT2D eigenvalue weighted by Crippen LogP contribution is 2.30. The van der Waals surface area contributed by atoms with E-state index in [4.69, 9.17) is 0 Å². The van der Waals surface area contributed by atoms with E-state index in [1.54, 1.807) is 45.0 Å². The van der Waals surface area contributed by atoms with Gasteiger partial charge < -0.3 is 15.6 Å². The van der Waals surface area contributed by atoms with E-state index in [0.29, 0.717) is 28.8 Å². The number of aromatic nitrogens is 2. The van der Waals surface area contributed by atoms with Crippen molar-refractivity contribution in [1.82, 2.24) is 20.6 Å². The van der Waals surface area contributed by atoms with Gasteiger partial charge in [-0.05, 0) is 98.8 Å². The molecule has 234 valence electrons. The molecule has 3 aromatic carbocycles. The van der Waals surface area contributed by atoms with Crippen LogP contribution in [0.15, 0.2) is 79.1 Å². The van der Waals surface area contributed by atoms with Crippen molar-refractivity contribution < 1.29 is 27.2 Å². The highest BCUT2D eigenvalue weighted by molar-refractivity contribution is 5.96. The second kappa shape index (κ2) is 14.2. The first kappa shape index (κ1) is 32.9. The number of hydrogen-bond donors (Lipinski definition) is 3. The summed E-state index contributed by atoms with van der Waals surface area (Å²) in [7, 11) is 0. The smallest absolute Gasteiger partial charge is 0.254 e.